The van der Waals surface area contributed by atoms with Gasteiger partial charge in [0.05, 0.1) is 24.8 Å². The Morgan fingerprint density at radius 3 is 2.52 bits per heavy atom. The molecule has 0 saturated carbocycles. The summed E-state index contributed by atoms with van der Waals surface area (Å²) in [5.74, 6) is -0.445. The number of Topliss-reactive ketones (excluding diaryl/α,β-unsaturated/α-hetero) is 1. The van der Waals surface area contributed by atoms with Crippen molar-refractivity contribution in [2.45, 2.75) is 19.4 Å². The molecular weight excluding hydrogens is 422 g/mol. The second kappa shape index (κ2) is 11.3. The van der Waals surface area contributed by atoms with E-state index in [1.807, 2.05) is 6.92 Å². The summed E-state index contributed by atoms with van der Waals surface area (Å²) in [6.45, 7) is 6.99. The van der Waals surface area contributed by atoms with Gasteiger partial charge in [0.2, 0.25) is 0 Å². The van der Waals surface area contributed by atoms with Gasteiger partial charge in [-0.25, -0.2) is 0 Å². The van der Waals surface area contributed by atoms with E-state index in [4.69, 9.17) is 14.2 Å². The number of ketones is 1. The van der Waals surface area contributed by atoms with Gasteiger partial charge in [0, 0.05) is 19.2 Å². The monoisotopic (exact) mass is 451 g/mol. The lowest BCUT2D eigenvalue weighted by Gasteiger charge is -2.25. The number of ether oxygens (including phenoxy) is 3. The predicted octanol–water partition coefficient (Wildman–Crippen LogP) is 4.11. The van der Waals surface area contributed by atoms with Crippen molar-refractivity contribution >= 4 is 17.4 Å². The largest absolute Gasteiger partial charge is 0.507 e. The van der Waals surface area contributed by atoms with Gasteiger partial charge in [0.1, 0.15) is 23.9 Å². The molecule has 1 aliphatic rings. The Morgan fingerprint density at radius 2 is 1.85 bits per heavy atom. The summed E-state index contributed by atoms with van der Waals surface area (Å²) in [6, 6.07) is 13.2. The minimum absolute atomic E-state index is 0.0310. The van der Waals surface area contributed by atoms with Crippen molar-refractivity contribution in [1.29, 1.82) is 0 Å². The number of hydrogen-bond donors (Lipinski definition) is 1. The van der Waals surface area contributed by atoms with Crippen LogP contribution in [0.5, 0.6) is 11.5 Å². The number of carbonyl (C=O) groups is 2. The summed E-state index contributed by atoms with van der Waals surface area (Å²) in [6.07, 6.45) is 2.49. The van der Waals surface area contributed by atoms with Gasteiger partial charge in [-0.3, -0.25) is 9.59 Å². The Bertz CT molecular complexity index is 1030. The van der Waals surface area contributed by atoms with Crippen LogP contribution in [0.15, 0.2) is 66.8 Å². The molecule has 7 nitrogen and oxygen atoms in total. The molecule has 1 saturated heterocycles. The molecule has 0 radical (unpaired) electrons. The SMILES string of the molecule is C=CCOc1ccc(C2C(=C(O)c3cccc(OCCC)c3)C(=O)C(=O)N2CCOC)cc1. The fraction of sp³-hybridized carbons (Fsp3) is 0.308. The molecule has 0 bridgehead atoms. The van der Waals surface area contributed by atoms with E-state index >= 15 is 0 Å². The van der Waals surface area contributed by atoms with Crippen LogP contribution in [0.25, 0.3) is 5.76 Å². The molecule has 1 unspecified atom stereocenters. The molecule has 1 fully saturated rings. The van der Waals surface area contributed by atoms with E-state index in [9.17, 15) is 14.7 Å². The Labute approximate surface area is 193 Å². The molecule has 1 N–H and O–H groups in total. The second-order valence-corrected chi connectivity index (χ2v) is 7.53. The molecule has 174 valence electrons. The van der Waals surface area contributed by atoms with Gasteiger partial charge in [0.25, 0.3) is 11.7 Å². The first-order valence-corrected chi connectivity index (χ1v) is 10.9. The number of hydrogen-bond acceptors (Lipinski definition) is 6. The third kappa shape index (κ3) is 5.43. The molecule has 7 heteroatoms. The zero-order valence-electron chi connectivity index (χ0n) is 19.0. The van der Waals surface area contributed by atoms with Gasteiger partial charge in [0.15, 0.2) is 0 Å². The molecule has 2 aromatic rings. The summed E-state index contributed by atoms with van der Waals surface area (Å²) in [7, 11) is 1.53. The van der Waals surface area contributed by atoms with Crippen LogP contribution < -0.4 is 9.47 Å². The Morgan fingerprint density at radius 1 is 1.09 bits per heavy atom. The number of methoxy groups -OCH3 is 1. The summed E-state index contributed by atoms with van der Waals surface area (Å²) in [5.41, 5.74) is 1.11. The lowest BCUT2D eigenvalue weighted by atomic mass is 9.95. The number of nitrogens with zero attached hydrogens (tertiary/aromatic N) is 1. The number of aliphatic hydroxyl groups excluding tert-OH is 1. The molecule has 3 rings (SSSR count). The van der Waals surface area contributed by atoms with E-state index < -0.39 is 17.7 Å². The topological polar surface area (TPSA) is 85.3 Å². The third-order valence-corrected chi connectivity index (χ3v) is 5.22. The zero-order valence-corrected chi connectivity index (χ0v) is 19.0. The van der Waals surface area contributed by atoms with E-state index in [-0.39, 0.29) is 24.5 Å². The van der Waals surface area contributed by atoms with Crippen molar-refractivity contribution in [1.82, 2.24) is 4.90 Å². The summed E-state index contributed by atoms with van der Waals surface area (Å²) < 4.78 is 16.3. The van der Waals surface area contributed by atoms with Gasteiger partial charge >= 0.3 is 0 Å². The third-order valence-electron chi connectivity index (χ3n) is 5.22. The van der Waals surface area contributed by atoms with E-state index in [1.54, 1.807) is 54.6 Å². The average molecular weight is 452 g/mol. The first kappa shape index (κ1) is 24.1. The molecule has 1 atom stereocenters. The molecule has 1 aliphatic heterocycles. The van der Waals surface area contributed by atoms with Gasteiger partial charge in [-0.05, 0) is 36.2 Å². The molecule has 0 spiro atoms. The number of carbonyl (C=O) groups excluding carboxylic acids is 2. The van der Waals surface area contributed by atoms with Crippen LogP contribution in [-0.2, 0) is 14.3 Å². The highest BCUT2D eigenvalue weighted by Gasteiger charge is 2.45. The molecule has 1 heterocycles. The Hall–Kier alpha value is -3.58. The molecule has 33 heavy (non-hydrogen) atoms. The number of benzene rings is 2. The first-order valence-electron chi connectivity index (χ1n) is 10.9. The maximum absolute atomic E-state index is 13.0. The zero-order chi connectivity index (χ0) is 23.8. The van der Waals surface area contributed by atoms with Gasteiger partial charge < -0.3 is 24.2 Å². The Balaban J connectivity index is 2.05. The molecular formula is C26H29NO6. The van der Waals surface area contributed by atoms with Crippen molar-refractivity contribution in [3.8, 4) is 11.5 Å². The predicted molar refractivity (Wildman–Crippen MR) is 125 cm³/mol. The van der Waals surface area contributed by atoms with Crippen LogP contribution in [0.1, 0.15) is 30.5 Å². The van der Waals surface area contributed by atoms with Crippen LogP contribution in [0.3, 0.4) is 0 Å². The maximum Gasteiger partial charge on any atom is 0.295 e. The van der Waals surface area contributed by atoms with Crippen molar-refractivity contribution in [2.24, 2.45) is 0 Å². The van der Waals surface area contributed by atoms with Gasteiger partial charge in [-0.1, -0.05) is 43.8 Å². The van der Waals surface area contributed by atoms with Crippen molar-refractivity contribution in [2.75, 3.05) is 33.5 Å². The number of amides is 1. The van der Waals surface area contributed by atoms with Gasteiger partial charge in [-0.2, -0.15) is 0 Å². The van der Waals surface area contributed by atoms with Crippen LogP contribution in [0.2, 0.25) is 0 Å². The van der Waals surface area contributed by atoms with E-state index in [1.165, 1.54) is 12.0 Å². The molecule has 1 amide bonds. The maximum atomic E-state index is 13.0. The van der Waals surface area contributed by atoms with E-state index in [0.717, 1.165) is 6.42 Å². The molecule has 2 aromatic carbocycles. The number of aliphatic hydroxyl groups is 1. The summed E-state index contributed by atoms with van der Waals surface area (Å²) in [5, 5.41) is 11.2. The smallest absolute Gasteiger partial charge is 0.295 e. The highest BCUT2D eigenvalue weighted by molar-refractivity contribution is 6.46. The van der Waals surface area contributed by atoms with Crippen molar-refractivity contribution in [3.05, 3.63) is 77.9 Å². The van der Waals surface area contributed by atoms with E-state index in [2.05, 4.69) is 6.58 Å². The van der Waals surface area contributed by atoms with Crippen LogP contribution >= 0.6 is 0 Å². The summed E-state index contributed by atoms with van der Waals surface area (Å²) in [4.78, 5) is 27.3. The normalized spacial score (nSPS) is 17.3. The lowest BCUT2D eigenvalue weighted by Crippen LogP contribution is -2.32. The minimum atomic E-state index is -0.756. The standard InChI is InChI=1S/C26H29NO6/c1-4-14-32-20-11-9-18(10-12-20)23-22(25(29)26(30)27(23)13-16-31-3)24(28)19-7-6-8-21(17-19)33-15-5-2/h4,6-12,17,23,28H,1,5,13-16H2,2-3H3. The quantitative estimate of drug-likeness (QED) is 0.240. The van der Waals surface area contributed by atoms with Crippen LogP contribution in [0, 0.1) is 0 Å². The highest BCUT2D eigenvalue weighted by Crippen LogP contribution is 2.40. The summed E-state index contributed by atoms with van der Waals surface area (Å²) >= 11 is 0. The number of likely N-dealkylation sites (tertiary alicyclic amines) is 1. The van der Waals surface area contributed by atoms with Crippen molar-refractivity contribution < 1.29 is 28.9 Å². The fourth-order valence-electron chi connectivity index (χ4n) is 3.66. The van der Waals surface area contributed by atoms with Crippen LogP contribution in [0.4, 0.5) is 0 Å². The molecule has 0 aromatic heterocycles. The average Bonchev–Trinajstić information content (AvgIpc) is 3.09. The highest BCUT2D eigenvalue weighted by atomic mass is 16.5. The Kier molecular flexibility index (Phi) is 8.27. The first-order chi connectivity index (χ1) is 16.0. The number of rotatable bonds is 11. The molecule has 0 aliphatic carbocycles. The second-order valence-electron chi connectivity index (χ2n) is 7.53. The van der Waals surface area contributed by atoms with E-state index in [0.29, 0.717) is 35.8 Å². The van der Waals surface area contributed by atoms with Crippen molar-refractivity contribution in [3.63, 3.8) is 0 Å². The fourth-order valence-corrected chi connectivity index (χ4v) is 3.66. The lowest BCUT2D eigenvalue weighted by molar-refractivity contribution is -0.140. The van der Waals surface area contributed by atoms with Gasteiger partial charge in [-0.15, -0.1) is 0 Å². The van der Waals surface area contributed by atoms with Crippen LogP contribution in [-0.4, -0.2) is 55.2 Å². The minimum Gasteiger partial charge on any atom is -0.507 e.